The van der Waals surface area contributed by atoms with E-state index in [0.717, 1.165) is 9.80 Å². The second kappa shape index (κ2) is 10.9. The maximum absolute atomic E-state index is 14.2. The van der Waals surface area contributed by atoms with Crippen molar-refractivity contribution in [3.05, 3.63) is 104 Å². The lowest BCUT2D eigenvalue weighted by Gasteiger charge is -2.44. The minimum Gasteiger partial charge on any atom is -0.504 e. The molecule has 238 valence electrons. The van der Waals surface area contributed by atoms with Gasteiger partial charge in [0.1, 0.15) is 0 Å². The molecule has 2 aliphatic heterocycles. The van der Waals surface area contributed by atoms with E-state index in [1.807, 2.05) is 6.08 Å². The summed E-state index contributed by atoms with van der Waals surface area (Å²) in [5.74, 6) is -6.75. The Morgan fingerprint density at radius 3 is 1.77 bits per heavy atom. The number of carbonyl (C=O) groups is 4. The molecule has 3 aromatic carbocycles. The molecule has 0 bridgehead atoms. The first-order chi connectivity index (χ1) is 22.5. The maximum atomic E-state index is 14.2. The number of allylic oxidation sites excluding steroid dienone is 2. The van der Waals surface area contributed by atoms with Crippen LogP contribution in [0.1, 0.15) is 24.3 Å². The third-order valence-electron chi connectivity index (χ3n) is 9.85. The predicted molar refractivity (Wildman–Crippen MR) is 163 cm³/mol. The fourth-order valence-corrected chi connectivity index (χ4v) is 7.82. The van der Waals surface area contributed by atoms with Gasteiger partial charge in [-0.1, -0.05) is 17.7 Å². The number of imide groups is 2. The van der Waals surface area contributed by atoms with Gasteiger partial charge in [-0.15, -0.1) is 0 Å². The number of methoxy groups -OCH3 is 1. The highest BCUT2D eigenvalue weighted by Gasteiger charge is 2.62. The minimum absolute atomic E-state index is 0.0947. The van der Waals surface area contributed by atoms with E-state index in [2.05, 4.69) is 0 Å². The number of fused-ring (bicyclic) bond motifs is 4. The fourth-order valence-electron chi connectivity index (χ4n) is 7.82. The Hall–Kier alpha value is -5.92. The number of phenols is 1. The summed E-state index contributed by atoms with van der Waals surface area (Å²) in [6.45, 7) is 0. The molecule has 6 atom stereocenters. The Morgan fingerprint density at radius 2 is 1.26 bits per heavy atom. The average molecular weight is 639 g/mol. The average Bonchev–Trinajstić information content (AvgIpc) is 3.47. The number of hydrogen-bond donors (Lipinski definition) is 1. The molecule has 1 N–H and O–H groups in total. The van der Waals surface area contributed by atoms with Gasteiger partial charge in [0, 0.05) is 30.2 Å². The highest BCUT2D eigenvalue weighted by Crippen LogP contribution is 2.59. The second-order valence-corrected chi connectivity index (χ2v) is 12.0. The van der Waals surface area contributed by atoms with Gasteiger partial charge in [-0.25, -0.2) is 0 Å². The Labute approximate surface area is 266 Å². The summed E-state index contributed by atoms with van der Waals surface area (Å²) in [6, 6.07) is 14.9. The van der Waals surface area contributed by atoms with Crippen LogP contribution < -0.4 is 14.5 Å². The number of benzene rings is 3. The zero-order valence-electron chi connectivity index (χ0n) is 24.7. The van der Waals surface area contributed by atoms with E-state index >= 15 is 0 Å². The highest BCUT2D eigenvalue weighted by atomic mass is 16.6. The lowest BCUT2D eigenvalue weighted by molar-refractivity contribution is -0.385. The van der Waals surface area contributed by atoms with Crippen molar-refractivity contribution in [2.24, 2.45) is 29.6 Å². The molecule has 4 aliphatic rings. The molecule has 14 heteroatoms. The van der Waals surface area contributed by atoms with E-state index in [1.54, 1.807) is 12.1 Å². The molecular weight excluding hydrogens is 612 g/mol. The first kappa shape index (κ1) is 29.8. The van der Waals surface area contributed by atoms with Crippen LogP contribution in [-0.4, -0.2) is 45.7 Å². The summed E-state index contributed by atoms with van der Waals surface area (Å²) in [5, 5.41) is 33.1. The number of nitro groups is 2. The number of anilines is 2. The standard InChI is InChI=1S/C33H26N4O10/c1-47-26-13-2-16(14-25(26)38)27-21-11-12-22-28(32(41)34(30(22)39)17-3-7-19(8-4-17)36(43)44)23(21)15-24-29(27)33(42)35(31(24)40)18-5-9-20(10-6-18)37(45)46/h2-11,13-14,22-24,27-29,38H,12,15H2,1H3/t22-,23+,24+,27-,28-,29+/m0/s1. The molecule has 0 unspecified atom stereocenters. The van der Waals surface area contributed by atoms with Crippen molar-refractivity contribution in [3.63, 3.8) is 0 Å². The van der Waals surface area contributed by atoms with Crippen LogP contribution in [0.25, 0.3) is 0 Å². The van der Waals surface area contributed by atoms with Crippen molar-refractivity contribution in [1.29, 1.82) is 0 Å². The molecule has 3 fully saturated rings. The molecule has 4 amide bonds. The molecule has 1 saturated carbocycles. The number of phenolic OH excluding ortho intramolecular Hbond substituents is 1. The van der Waals surface area contributed by atoms with Crippen molar-refractivity contribution in [2.45, 2.75) is 18.8 Å². The monoisotopic (exact) mass is 638 g/mol. The van der Waals surface area contributed by atoms with E-state index < -0.39 is 69.0 Å². The maximum Gasteiger partial charge on any atom is 0.269 e. The van der Waals surface area contributed by atoms with Gasteiger partial charge in [0.25, 0.3) is 11.4 Å². The summed E-state index contributed by atoms with van der Waals surface area (Å²) in [7, 11) is 1.39. The van der Waals surface area contributed by atoms with E-state index in [4.69, 9.17) is 4.74 Å². The molecule has 7 rings (SSSR count). The summed E-state index contributed by atoms with van der Waals surface area (Å²) >= 11 is 0. The molecule has 0 aromatic heterocycles. The number of rotatable bonds is 6. The topological polar surface area (TPSA) is 190 Å². The third kappa shape index (κ3) is 4.47. The van der Waals surface area contributed by atoms with Gasteiger partial charge in [0.05, 0.1) is 52.0 Å². The molecule has 2 saturated heterocycles. The lowest BCUT2D eigenvalue weighted by Crippen LogP contribution is -2.43. The Morgan fingerprint density at radius 1 is 0.723 bits per heavy atom. The largest absolute Gasteiger partial charge is 0.504 e. The van der Waals surface area contributed by atoms with Crippen LogP contribution >= 0.6 is 0 Å². The normalized spacial score (nSPS) is 26.4. The van der Waals surface area contributed by atoms with Crippen molar-refractivity contribution in [2.75, 3.05) is 16.9 Å². The van der Waals surface area contributed by atoms with Crippen LogP contribution in [0, 0.1) is 49.8 Å². The number of ether oxygens (including phenoxy) is 1. The van der Waals surface area contributed by atoms with E-state index in [1.165, 1.54) is 61.7 Å². The first-order valence-corrected chi connectivity index (χ1v) is 14.8. The van der Waals surface area contributed by atoms with Crippen LogP contribution in [0.3, 0.4) is 0 Å². The molecule has 2 aliphatic carbocycles. The summed E-state index contributed by atoms with van der Waals surface area (Å²) in [6.07, 6.45) is 2.14. The second-order valence-electron chi connectivity index (χ2n) is 12.0. The highest BCUT2D eigenvalue weighted by molar-refractivity contribution is 6.24. The van der Waals surface area contributed by atoms with Gasteiger partial charge in [0.2, 0.25) is 23.6 Å². The third-order valence-corrected chi connectivity index (χ3v) is 9.85. The SMILES string of the molecule is COc1ccc([C@H]2C3=CC[C@@H]4C(=O)N(c5ccc([N+](=O)[O-])cc5)C(=O)[C@@H]4[C@@H]3C[C@H]3C(=O)N(c4ccc([N+](=O)[O-])cc4)C(=O)[C@@H]23)cc1O. The first-order valence-electron chi connectivity index (χ1n) is 14.8. The summed E-state index contributed by atoms with van der Waals surface area (Å²) in [4.78, 5) is 79.3. The molecular formula is C33H26N4O10. The Bertz CT molecular complexity index is 1920. The van der Waals surface area contributed by atoms with Gasteiger partial charge in [0.15, 0.2) is 11.5 Å². The zero-order valence-corrected chi connectivity index (χ0v) is 24.7. The Balaban J connectivity index is 1.31. The van der Waals surface area contributed by atoms with Crippen LogP contribution in [0.5, 0.6) is 11.5 Å². The van der Waals surface area contributed by atoms with Crippen molar-refractivity contribution >= 4 is 46.4 Å². The number of carbonyl (C=O) groups excluding carboxylic acids is 4. The van der Waals surface area contributed by atoms with Crippen LogP contribution in [0.15, 0.2) is 78.4 Å². The summed E-state index contributed by atoms with van der Waals surface area (Å²) < 4.78 is 5.21. The molecule has 0 radical (unpaired) electrons. The molecule has 47 heavy (non-hydrogen) atoms. The number of aromatic hydroxyl groups is 1. The number of amides is 4. The predicted octanol–water partition coefficient (Wildman–Crippen LogP) is 4.26. The number of non-ortho nitro benzene ring substituents is 2. The fraction of sp³-hybridized carbons (Fsp3) is 0.273. The number of nitro benzene ring substituents is 2. The van der Waals surface area contributed by atoms with Crippen LogP contribution in [0.2, 0.25) is 0 Å². The lowest BCUT2D eigenvalue weighted by atomic mass is 9.57. The van der Waals surface area contributed by atoms with Crippen LogP contribution in [-0.2, 0) is 19.2 Å². The molecule has 0 spiro atoms. The van der Waals surface area contributed by atoms with Crippen molar-refractivity contribution in [1.82, 2.24) is 0 Å². The molecule has 14 nitrogen and oxygen atoms in total. The van der Waals surface area contributed by atoms with Gasteiger partial charge < -0.3 is 9.84 Å². The number of nitrogens with zero attached hydrogens (tertiary/aromatic N) is 4. The van der Waals surface area contributed by atoms with Gasteiger partial charge in [-0.2, -0.15) is 0 Å². The van der Waals surface area contributed by atoms with E-state index in [-0.39, 0.29) is 47.1 Å². The van der Waals surface area contributed by atoms with Gasteiger partial charge in [-0.05, 0) is 60.7 Å². The zero-order chi connectivity index (χ0) is 33.3. The van der Waals surface area contributed by atoms with Gasteiger partial charge in [-0.3, -0.25) is 49.2 Å². The Kier molecular flexibility index (Phi) is 6.88. The minimum atomic E-state index is -0.914. The summed E-state index contributed by atoms with van der Waals surface area (Å²) in [5.41, 5.74) is 1.19. The van der Waals surface area contributed by atoms with Gasteiger partial charge >= 0.3 is 0 Å². The van der Waals surface area contributed by atoms with E-state index in [0.29, 0.717) is 11.1 Å². The van der Waals surface area contributed by atoms with Crippen molar-refractivity contribution < 1.29 is 38.9 Å². The molecule has 3 aromatic rings. The van der Waals surface area contributed by atoms with Crippen molar-refractivity contribution in [3.8, 4) is 11.5 Å². The quantitative estimate of drug-likeness (QED) is 0.177. The van der Waals surface area contributed by atoms with Crippen LogP contribution in [0.4, 0.5) is 22.7 Å². The smallest absolute Gasteiger partial charge is 0.269 e. The molecule has 2 heterocycles. The van der Waals surface area contributed by atoms with E-state index in [9.17, 15) is 44.5 Å². The number of hydrogen-bond acceptors (Lipinski definition) is 10.